The Labute approximate surface area is 218 Å². The quantitative estimate of drug-likeness (QED) is 0.360. The Bertz CT molecular complexity index is 1540. The molecule has 0 radical (unpaired) electrons. The lowest BCUT2D eigenvalue weighted by Gasteiger charge is -2.28. The second kappa shape index (κ2) is 9.67. The van der Waals surface area contributed by atoms with Gasteiger partial charge in [-0.3, -0.25) is 4.79 Å². The Hall–Kier alpha value is -4.24. The lowest BCUT2D eigenvalue weighted by atomic mass is 10.1. The van der Waals surface area contributed by atoms with E-state index in [0.717, 1.165) is 22.3 Å². The molecule has 9 heteroatoms. The summed E-state index contributed by atoms with van der Waals surface area (Å²) in [6.45, 7) is 3.23. The second-order valence-corrected chi connectivity index (χ2v) is 9.43. The number of hydrogen-bond donors (Lipinski definition) is 2. The zero-order valence-corrected chi connectivity index (χ0v) is 21.0. The Balaban J connectivity index is 1.30. The molecule has 4 aromatic rings. The van der Waals surface area contributed by atoms with Gasteiger partial charge in [-0.2, -0.15) is 0 Å². The molecule has 1 atom stereocenters. The van der Waals surface area contributed by atoms with Gasteiger partial charge >= 0.3 is 0 Å². The van der Waals surface area contributed by atoms with Gasteiger partial charge in [-0.15, -0.1) is 0 Å². The van der Waals surface area contributed by atoms with Gasteiger partial charge in [-0.25, -0.2) is 0 Å². The van der Waals surface area contributed by atoms with Gasteiger partial charge in [0.2, 0.25) is 13.6 Å². The maximum Gasteiger partial charge on any atom is 0.253 e. The molecule has 0 amide bonds. The third kappa shape index (κ3) is 4.77. The van der Waals surface area contributed by atoms with Crippen LogP contribution in [-0.4, -0.2) is 28.6 Å². The second-order valence-electron chi connectivity index (χ2n) is 9.04. The van der Waals surface area contributed by atoms with Crippen LogP contribution >= 0.6 is 12.2 Å². The maximum atomic E-state index is 13.1. The number of nitrogens with one attached hydrogen (secondary N) is 2. The van der Waals surface area contributed by atoms with Gasteiger partial charge in [0.05, 0.1) is 18.1 Å². The highest BCUT2D eigenvalue weighted by atomic mass is 32.1. The normalized spacial score (nSPS) is 14.0. The summed E-state index contributed by atoms with van der Waals surface area (Å²) in [7, 11) is 0. The Morgan fingerprint density at radius 2 is 1.62 bits per heavy atom. The van der Waals surface area contributed by atoms with E-state index in [2.05, 4.69) is 29.4 Å². The topological polar surface area (TPSA) is 85.1 Å². The molecule has 0 bridgehead atoms. The number of pyridine rings is 1. The smallest absolute Gasteiger partial charge is 0.253 e. The van der Waals surface area contributed by atoms with Crippen molar-refractivity contribution in [1.82, 2.24) is 15.2 Å². The Morgan fingerprint density at radius 3 is 2.41 bits per heavy atom. The first-order chi connectivity index (χ1) is 18.0. The van der Waals surface area contributed by atoms with Crippen molar-refractivity contribution >= 4 is 28.2 Å². The number of H-pyrrole nitrogens is 1. The van der Waals surface area contributed by atoms with Crippen LogP contribution in [0.25, 0.3) is 10.9 Å². The van der Waals surface area contributed by atoms with E-state index in [1.54, 1.807) is 6.07 Å². The number of fused-ring (bicyclic) bond motifs is 3. The molecule has 0 fully saturated rings. The number of rotatable bonds is 6. The van der Waals surface area contributed by atoms with Crippen LogP contribution < -0.4 is 29.8 Å². The Morgan fingerprint density at radius 1 is 0.919 bits per heavy atom. The van der Waals surface area contributed by atoms with E-state index in [4.69, 9.17) is 31.2 Å². The van der Waals surface area contributed by atoms with Crippen LogP contribution in [0.1, 0.15) is 29.7 Å². The molecular weight excluding hydrogens is 490 g/mol. The lowest BCUT2D eigenvalue weighted by Crippen LogP contribution is -2.41. The number of aromatic amines is 1. The molecule has 188 valence electrons. The predicted octanol–water partition coefficient (Wildman–Crippen LogP) is 4.62. The van der Waals surface area contributed by atoms with Crippen LogP contribution in [0.3, 0.4) is 0 Å². The highest BCUT2D eigenvalue weighted by Gasteiger charge is 2.20. The molecule has 2 aliphatic heterocycles. The summed E-state index contributed by atoms with van der Waals surface area (Å²) < 4.78 is 22.0. The van der Waals surface area contributed by atoms with Crippen LogP contribution in [0.15, 0.2) is 71.5 Å². The van der Waals surface area contributed by atoms with Crippen LogP contribution in [0.5, 0.6) is 23.0 Å². The molecule has 1 aromatic heterocycles. The van der Waals surface area contributed by atoms with Gasteiger partial charge in [0.15, 0.2) is 28.1 Å². The summed E-state index contributed by atoms with van der Waals surface area (Å²) in [6, 6.07) is 21.5. The number of ether oxygens (including phenoxy) is 4. The number of hydrogen-bond acceptors (Lipinski definition) is 6. The summed E-state index contributed by atoms with van der Waals surface area (Å²) in [6.07, 6.45) is 0. The van der Waals surface area contributed by atoms with E-state index in [9.17, 15) is 4.79 Å². The average molecular weight is 516 g/mol. The third-order valence-electron chi connectivity index (χ3n) is 6.51. The SMILES string of the molecule is CC(NC(=S)N(Cc1ccc2c(c1)OCO2)Cc1cc2cc3c(cc2[nH]c1=O)OCO3)c1ccccc1. The van der Waals surface area contributed by atoms with E-state index < -0.39 is 0 Å². The molecule has 0 aliphatic carbocycles. The Kier molecular flexibility index (Phi) is 6.05. The molecule has 2 N–H and O–H groups in total. The molecule has 0 saturated heterocycles. The van der Waals surface area contributed by atoms with Gasteiger partial charge < -0.3 is 34.1 Å². The summed E-state index contributed by atoms with van der Waals surface area (Å²) in [4.78, 5) is 18.0. The minimum Gasteiger partial charge on any atom is -0.454 e. The summed E-state index contributed by atoms with van der Waals surface area (Å²) in [5, 5.41) is 4.83. The highest BCUT2D eigenvalue weighted by Crippen LogP contribution is 2.35. The van der Waals surface area contributed by atoms with Crippen molar-refractivity contribution in [2.24, 2.45) is 0 Å². The van der Waals surface area contributed by atoms with E-state index in [1.807, 2.05) is 53.4 Å². The lowest BCUT2D eigenvalue weighted by molar-refractivity contribution is 0.173. The summed E-state index contributed by atoms with van der Waals surface area (Å²) in [5.74, 6) is 2.71. The zero-order valence-electron chi connectivity index (χ0n) is 20.2. The molecular formula is C28H25N3O5S. The van der Waals surface area contributed by atoms with E-state index in [1.165, 1.54) is 0 Å². The van der Waals surface area contributed by atoms with E-state index in [0.29, 0.717) is 46.5 Å². The average Bonchev–Trinajstić information content (AvgIpc) is 3.56. The van der Waals surface area contributed by atoms with E-state index >= 15 is 0 Å². The molecule has 8 nitrogen and oxygen atoms in total. The predicted molar refractivity (Wildman–Crippen MR) is 143 cm³/mol. The molecule has 0 spiro atoms. The molecule has 1 unspecified atom stereocenters. The molecule has 3 aromatic carbocycles. The van der Waals surface area contributed by atoms with E-state index in [-0.39, 0.29) is 25.2 Å². The first-order valence-corrected chi connectivity index (χ1v) is 12.4. The van der Waals surface area contributed by atoms with Crippen molar-refractivity contribution in [2.75, 3.05) is 13.6 Å². The van der Waals surface area contributed by atoms with Crippen molar-refractivity contribution < 1.29 is 18.9 Å². The minimum absolute atomic E-state index is 0.0115. The molecule has 0 saturated carbocycles. The van der Waals surface area contributed by atoms with Crippen molar-refractivity contribution in [3.05, 3.63) is 93.8 Å². The van der Waals surface area contributed by atoms with Gasteiger partial charge in [-0.05, 0) is 54.5 Å². The highest BCUT2D eigenvalue weighted by molar-refractivity contribution is 7.80. The van der Waals surface area contributed by atoms with Crippen molar-refractivity contribution in [1.29, 1.82) is 0 Å². The third-order valence-corrected chi connectivity index (χ3v) is 6.89. The number of thiocarbonyl (C=S) groups is 1. The largest absolute Gasteiger partial charge is 0.454 e. The fourth-order valence-electron chi connectivity index (χ4n) is 4.53. The van der Waals surface area contributed by atoms with Gasteiger partial charge in [-0.1, -0.05) is 36.4 Å². The van der Waals surface area contributed by atoms with Crippen LogP contribution in [0.2, 0.25) is 0 Å². The van der Waals surface area contributed by atoms with Crippen LogP contribution in [0.4, 0.5) is 0 Å². The molecule has 3 heterocycles. The minimum atomic E-state index is -0.180. The zero-order chi connectivity index (χ0) is 25.4. The first-order valence-electron chi connectivity index (χ1n) is 12.0. The van der Waals surface area contributed by atoms with Crippen molar-refractivity contribution in [3.63, 3.8) is 0 Å². The van der Waals surface area contributed by atoms with Crippen molar-refractivity contribution in [2.45, 2.75) is 26.1 Å². The molecule has 6 rings (SSSR count). The molecule has 2 aliphatic rings. The van der Waals surface area contributed by atoms with Crippen molar-refractivity contribution in [3.8, 4) is 23.0 Å². The van der Waals surface area contributed by atoms with Crippen LogP contribution in [-0.2, 0) is 13.1 Å². The van der Waals surface area contributed by atoms with Gasteiger partial charge in [0, 0.05) is 23.6 Å². The maximum absolute atomic E-state index is 13.1. The fourth-order valence-corrected chi connectivity index (χ4v) is 4.83. The standard InChI is InChI=1S/C28H25N3O5S/c1-17(19-5-3-2-4-6-19)29-28(37)31(13-18-7-8-23-24(9-18)34-15-33-23)14-21-10-20-11-25-26(36-16-35-25)12-22(20)30-27(21)32/h2-12,17H,13-16H2,1H3,(H,29,37)(H,30,32). The number of nitrogens with zero attached hydrogens (tertiary/aromatic N) is 1. The first kappa shape index (κ1) is 23.2. The fraction of sp³-hybridized carbons (Fsp3) is 0.214. The van der Waals surface area contributed by atoms with Crippen LogP contribution in [0, 0.1) is 0 Å². The van der Waals surface area contributed by atoms with Gasteiger partial charge in [0.25, 0.3) is 5.56 Å². The molecule has 37 heavy (non-hydrogen) atoms. The summed E-state index contributed by atoms with van der Waals surface area (Å²) >= 11 is 5.86. The monoisotopic (exact) mass is 515 g/mol. The number of aromatic nitrogens is 1. The van der Waals surface area contributed by atoms with Gasteiger partial charge in [0.1, 0.15) is 0 Å². The number of benzene rings is 3. The summed E-state index contributed by atoms with van der Waals surface area (Å²) in [5.41, 5.74) is 3.21.